The van der Waals surface area contributed by atoms with Gasteiger partial charge < -0.3 is 9.84 Å². The van der Waals surface area contributed by atoms with Crippen LogP contribution < -0.4 is 4.74 Å². The molecule has 0 aliphatic heterocycles. The zero-order valence-electron chi connectivity index (χ0n) is 10.2. The van der Waals surface area contributed by atoms with Crippen molar-refractivity contribution in [2.45, 2.75) is 13.8 Å². The van der Waals surface area contributed by atoms with E-state index in [0.717, 1.165) is 0 Å². The fraction of sp³-hybridized carbons (Fsp3) is 0.167. The van der Waals surface area contributed by atoms with Crippen LogP contribution in [0.1, 0.15) is 21.7 Å². The summed E-state index contributed by atoms with van der Waals surface area (Å²) in [5.41, 5.74) is 1.35. The van der Waals surface area contributed by atoms with Crippen LogP contribution in [0.2, 0.25) is 5.02 Å². The molecule has 1 aromatic carbocycles. The second-order valence-corrected chi connectivity index (χ2v) is 4.22. The molecule has 0 atom stereocenters. The van der Waals surface area contributed by atoms with Crippen molar-refractivity contribution in [1.82, 2.24) is 15.2 Å². The second-order valence-electron chi connectivity index (χ2n) is 3.81. The van der Waals surface area contributed by atoms with Gasteiger partial charge in [0.15, 0.2) is 0 Å². The molecule has 0 aliphatic rings. The van der Waals surface area contributed by atoms with Gasteiger partial charge in [0, 0.05) is 0 Å². The fourth-order valence-corrected chi connectivity index (χ4v) is 1.52. The molecule has 0 amide bonds. The number of carboxylic acids is 1. The van der Waals surface area contributed by atoms with E-state index in [9.17, 15) is 4.79 Å². The number of benzene rings is 1. The standard InChI is InChI=1S/C12H10ClN3O3/c1-6-7(2)15-16-12(14-6)19-8-3-4-10(13)9(5-8)11(17)18/h3-5H,1-2H3,(H,17,18). The number of hydrogen-bond acceptors (Lipinski definition) is 5. The maximum Gasteiger partial charge on any atom is 0.341 e. The monoisotopic (exact) mass is 279 g/mol. The molecule has 0 aliphatic carbocycles. The Kier molecular flexibility index (Phi) is 3.62. The number of carboxylic acid groups (broad SMARTS) is 1. The Hall–Kier alpha value is -2.21. The van der Waals surface area contributed by atoms with Gasteiger partial charge in [-0.15, -0.1) is 5.10 Å². The minimum atomic E-state index is -1.13. The summed E-state index contributed by atoms with van der Waals surface area (Å²) < 4.78 is 5.35. The Morgan fingerprint density at radius 1 is 1.26 bits per heavy atom. The third-order valence-electron chi connectivity index (χ3n) is 2.45. The Balaban J connectivity index is 2.30. The molecule has 0 spiro atoms. The lowest BCUT2D eigenvalue weighted by molar-refractivity contribution is 0.0696. The number of rotatable bonds is 3. The summed E-state index contributed by atoms with van der Waals surface area (Å²) in [5.74, 6) is -0.846. The van der Waals surface area contributed by atoms with E-state index in [1.165, 1.54) is 18.2 Å². The van der Waals surface area contributed by atoms with Gasteiger partial charge in [-0.2, -0.15) is 4.98 Å². The lowest BCUT2D eigenvalue weighted by Gasteiger charge is -2.06. The van der Waals surface area contributed by atoms with Crippen LogP contribution in [0.5, 0.6) is 11.8 Å². The van der Waals surface area contributed by atoms with E-state index in [4.69, 9.17) is 21.4 Å². The average molecular weight is 280 g/mol. The number of aromatic nitrogens is 3. The van der Waals surface area contributed by atoms with Gasteiger partial charge in [0.1, 0.15) is 5.75 Å². The Morgan fingerprint density at radius 3 is 2.63 bits per heavy atom. The SMILES string of the molecule is Cc1nnc(Oc2ccc(Cl)c(C(=O)O)c2)nc1C. The van der Waals surface area contributed by atoms with Crippen LogP contribution >= 0.6 is 11.6 Å². The number of hydrogen-bond donors (Lipinski definition) is 1. The molecule has 0 radical (unpaired) electrons. The van der Waals surface area contributed by atoms with Gasteiger partial charge in [-0.25, -0.2) is 4.79 Å². The highest BCUT2D eigenvalue weighted by atomic mass is 35.5. The summed E-state index contributed by atoms with van der Waals surface area (Å²) in [5, 5.41) is 16.7. The van der Waals surface area contributed by atoms with Crippen LogP contribution in [0.25, 0.3) is 0 Å². The molecular formula is C12H10ClN3O3. The number of aryl methyl sites for hydroxylation is 2. The van der Waals surface area contributed by atoms with Crippen molar-refractivity contribution < 1.29 is 14.6 Å². The van der Waals surface area contributed by atoms with E-state index >= 15 is 0 Å². The predicted molar refractivity (Wildman–Crippen MR) is 67.8 cm³/mol. The first-order valence-electron chi connectivity index (χ1n) is 5.36. The zero-order valence-corrected chi connectivity index (χ0v) is 11.0. The Bertz CT molecular complexity index is 646. The van der Waals surface area contributed by atoms with E-state index in [0.29, 0.717) is 11.4 Å². The topological polar surface area (TPSA) is 85.2 Å². The Labute approximate surface area is 114 Å². The smallest absolute Gasteiger partial charge is 0.341 e. The van der Waals surface area contributed by atoms with Crippen molar-refractivity contribution in [2.24, 2.45) is 0 Å². The van der Waals surface area contributed by atoms with Crippen LogP contribution in [-0.2, 0) is 0 Å². The van der Waals surface area contributed by atoms with Gasteiger partial charge in [-0.3, -0.25) is 0 Å². The molecule has 19 heavy (non-hydrogen) atoms. The Morgan fingerprint density at radius 2 is 2.00 bits per heavy atom. The molecule has 1 N–H and O–H groups in total. The van der Waals surface area contributed by atoms with E-state index in [1.807, 2.05) is 0 Å². The zero-order chi connectivity index (χ0) is 14.0. The minimum Gasteiger partial charge on any atom is -0.478 e. The molecule has 2 rings (SSSR count). The maximum atomic E-state index is 10.9. The van der Waals surface area contributed by atoms with Gasteiger partial charge in [-0.1, -0.05) is 16.7 Å². The number of carbonyl (C=O) groups is 1. The number of aromatic carboxylic acids is 1. The first kappa shape index (κ1) is 13.2. The van der Waals surface area contributed by atoms with Crippen molar-refractivity contribution in [1.29, 1.82) is 0 Å². The molecule has 0 saturated carbocycles. The van der Waals surface area contributed by atoms with Crippen LogP contribution in [0.3, 0.4) is 0 Å². The fourth-order valence-electron chi connectivity index (χ4n) is 1.32. The molecule has 0 fully saturated rings. The van der Waals surface area contributed by atoms with E-state index in [-0.39, 0.29) is 22.3 Å². The molecule has 1 heterocycles. The largest absolute Gasteiger partial charge is 0.478 e. The first-order chi connectivity index (χ1) is 8.97. The van der Waals surface area contributed by atoms with Gasteiger partial charge in [-0.05, 0) is 32.0 Å². The van der Waals surface area contributed by atoms with Crippen LogP contribution in [0.4, 0.5) is 0 Å². The van der Waals surface area contributed by atoms with Crippen molar-refractivity contribution in [2.75, 3.05) is 0 Å². The van der Waals surface area contributed by atoms with Crippen LogP contribution in [-0.4, -0.2) is 26.3 Å². The highest BCUT2D eigenvalue weighted by Crippen LogP contribution is 2.24. The predicted octanol–water partition coefficient (Wildman–Crippen LogP) is 2.63. The van der Waals surface area contributed by atoms with E-state index in [2.05, 4.69) is 15.2 Å². The third-order valence-corrected chi connectivity index (χ3v) is 2.78. The van der Waals surface area contributed by atoms with Crippen molar-refractivity contribution in [3.8, 4) is 11.8 Å². The van der Waals surface area contributed by atoms with Gasteiger partial charge in [0.25, 0.3) is 0 Å². The summed E-state index contributed by atoms with van der Waals surface area (Å²) in [6, 6.07) is 4.34. The lowest BCUT2D eigenvalue weighted by Crippen LogP contribution is -2.01. The van der Waals surface area contributed by atoms with E-state index in [1.54, 1.807) is 13.8 Å². The second kappa shape index (κ2) is 5.19. The molecule has 0 unspecified atom stereocenters. The summed E-state index contributed by atoms with van der Waals surface area (Å²) in [6.45, 7) is 3.56. The number of nitrogens with zero attached hydrogens (tertiary/aromatic N) is 3. The quantitative estimate of drug-likeness (QED) is 0.929. The normalized spacial score (nSPS) is 10.3. The minimum absolute atomic E-state index is 0.0454. The van der Waals surface area contributed by atoms with Crippen molar-refractivity contribution in [3.05, 3.63) is 40.2 Å². The van der Waals surface area contributed by atoms with Gasteiger partial charge in [0.05, 0.1) is 22.0 Å². The van der Waals surface area contributed by atoms with E-state index < -0.39 is 5.97 Å². The highest BCUT2D eigenvalue weighted by molar-refractivity contribution is 6.33. The number of halogens is 1. The molecule has 98 valence electrons. The lowest BCUT2D eigenvalue weighted by atomic mass is 10.2. The molecule has 2 aromatic rings. The maximum absolute atomic E-state index is 10.9. The summed E-state index contributed by atoms with van der Waals surface area (Å²) in [7, 11) is 0. The summed E-state index contributed by atoms with van der Waals surface area (Å²) >= 11 is 5.76. The molecule has 6 nitrogen and oxygen atoms in total. The molecule has 0 saturated heterocycles. The van der Waals surface area contributed by atoms with Crippen LogP contribution in [0, 0.1) is 13.8 Å². The van der Waals surface area contributed by atoms with Gasteiger partial charge in [0.2, 0.25) is 0 Å². The molecular weight excluding hydrogens is 270 g/mol. The number of ether oxygens (including phenoxy) is 1. The van der Waals surface area contributed by atoms with Crippen molar-refractivity contribution >= 4 is 17.6 Å². The molecule has 7 heteroatoms. The summed E-state index contributed by atoms with van der Waals surface area (Å²) in [6.07, 6.45) is 0. The first-order valence-corrected chi connectivity index (χ1v) is 5.74. The highest BCUT2D eigenvalue weighted by Gasteiger charge is 2.11. The molecule has 1 aromatic heterocycles. The molecule has 0 bridgehead atoms. The van der Waals surface area contributed by atoms with Crippen molar-refractivity contribution in [3.63, 3.8) is 0 Å². The third kappa shape index (κ3) is 2.97. The average Bonchev–Trinajstić information content (AvgIpc) is 2.36. The summed E-state index contributed by atoms with van der Waals surface area (Å²) in [4.78, 5) is 15.0. The van der Waals surface area contributed by atoms with Gasteiger partial charge >= 0.3 is 12.0 Å². The van der Waals surface area contributed by atoms with Crippen LogP contribution in [0.15, 0.2) is 18.2 Å².